The van der Waals surface area contributed by atoms with Crippen LogP contribution in [-0.2, 0) is 18.5 Å². The number of ketones is 1. The van der Waals surface area contributed by atoms with Crippen LogP contribution in [0, 0.1) is 0 Å². The van der Waals surface area contributed by atoms with E-state index < -0.39 is 25.9 Å². The molecule has 0 bridgehead atoms. The first-order valence-corrected chi connectivity index (χ1v) is 8.90. The zero-order chi connectivity index (χ0) is 14.0. The summed E-state index contributed by atoms with van der Waals surface area (Å²) in [5, 5.41) is 0. The zero-order valence-corrected chi connectivity index (χ0v) is 11.5. The molecule has 108 valence electrons. The number of rotatable bonds is 5. The molecule has 0 saturated carbocycles. The molecule has 1 aliphatic heterocycles. The van der Waals surface area contributed by atoms with Gasteiger partial charge in [-0.15, -0.1) is 10.3 Å². The van der Waals surface area contributed by atoms with Crippen molar-refractivity contribution in [3.05, 3.63) is 0 Å². The third kappa shape index (κ3) is 3.61. The van der Waals surface area contributed by atoms with Gasteiger partial charge in [-0.05, 0) is 12.8 Å². The Labute approximate surface area is 106 Å². The van der Waals surface area contributed by atoms with E-state index in [1.807, 2.05) is 0 Å². The molecule has 1 rings (SSSR count). The maximum absolute atomic E-state index is 12.3. The Bertz CT molecular complexity index is 410. The van der Waals surface area contributed by atoms with E-state index in [2.05, 4.69) is 3.63 Å². The van der Waals surface area contributed by atoms with Crippen LogP contribution in [0.25, 0.3) is 0 Å². The van der Waals surface area contributed by atoms with Gasteiger partial charge in [-0.3, -0.25) is 4.79 Å². The molecule has 1 saturated heterocycles. The molecule has 0 N–H and O–H groups in total. The summed E-state index contributed by atoms with van der Waals surface area (Å²) < 4.78 is 63.4. The molecule has 1 aliphatic rings. The van der Waals surface area contributed by atoms with E-state index in [-0.39, 0.29) is 29.5 Å². The van der Waals surface area contributed by atoms with Crippen molar-refractivity contribution in [3.8, 4) is 0 Å². The monoisotopic (exact) mass is 308 g/mol. The van der Waals surface area contributed by atoms with Crippen LogP contribution in [0.15, 0.2) is 0 Å². The van der Waals surface area contributed by atoms with Gasteiger partial charge in [0.1, 0.15) is 5.78 Å². The van der Waals surface area contributed by atoms with E-state index in [9.17, 15) is 26.4 Å². The van der Waals surface area contributed by atoms with Crippen molar-refractivity contribution in [2.75, 3.05) is 17.3 Å². The first-order chi connectivity index (χ1) is 8.12. The molecule has 0 unspecified atom stereocenters. The summed E-state index contributed by atoms with van der Waals surface area (Å²) in [7, 11) is -8.08. The highest BCUT2D eigenvalue weighted by atomic mass is 32.3. The smallest absolute Gasteiger partial charge is 0.299 e. The van der Waals surface area contributed by atoms with Crippen molar-refractivity contribution in [3.63, 3.8) is 0 Å². The first-order valence-electron chi connectivity index (χ1n) is 5.42. The molecular formula is C9H15F3O4S2. The Morgan fingerprint density at radius 3 is 2.17 bits per heavy atom. The lowest BCUT2D eigenvalue weighted by molar-refractivity contribution is -0.116. The van der Waals surface area contributed by atoms with Gasteiger partial charge in [0.15, 0.2) is 0 Å². The SMILES string of the molecule is CCC(=O)CS1(OS(=O)(=O)C(F)(F)F)CCCC1. The summed E-state index contributed by atoms with van der Waals surface area (Å²) in [5.74, 6) is 0.0326. The van der Waals surface area contributed by atoms with Gasteiger partial charge in [-0.2, -0.15) is 21.6 Å². The molecular weight excluding hydrogens is 293 g/mol. The number of hydrogen-bond acceptors (Lipinski definition) is 4. The molecule has 0 spiro atoms. The van der Waals surface area contributed by atoms with Crippen LogP contribution in [0.3, 0.4) is 0 Å². The average molecular weight is 308 g/mol. The van der Waals surface area contributed by atoms with Gasteiger partial charge in [-0.1, -0.05) is 6.92 Å². The Morgan fingerprint density at radius 1 is 1.28 bits per heavy atom. The molecule has 0 atom stereocenters. The molecule has 0 aromatic rings. The fourth-order valence-electron chi connectivity index (χ4n) is 1.69. The quantitative estimate of drug-likeness (QED) is 0.731. The van der Waals surface area contributed by atoms with Crippen LogP contribution in [0.1, 0.15) is 26.2 Å². The molecule has 18 heavy (non-hydrogen) atoms. The first kappa shape index (κ1) is 15.8. The van der Waals surface area contributed by atoms with Gasteiger partial charge in [0.25, 0.3) is 0 Å². The van der Waals surface area contributed by atoms with Crippen molar-refractivity contribution >= 4 is 26.2 Å². The average Bonchev–Trinajstić information content (AvgIpc) is 2.63. The Hall–Kier alpha value is -0.280. The maximum Gasteiger partial charge on any atom is 0.523 e. The van der Waals surface area contributed by atoms with Crippen molar-refractivity contribution in [1.82, 2.24) is 0 Å². The predicted molar refractivity (Wildman–Crippen MR) is 62.8 cm³/mol. The summed E-state index contributed by atoms with van der Waals surface area (Å²) >= 11 is 0. The normalized spacial score (nSPS) is 21.8. The van der Waals surface area contributed by atoms with Gasteiger partial charge < -0.3 is 0 Å². The highest BCUT2D eigenvalue weighted by molar-refractivity contribution is 8.33. The van der Waals surface area contributed by atoms with Crippen molar-refractivity contribution in [2.24, 2.45) is 0 Å². The molecule has 0 radical (unpaired) electrons. The lowest BCUT2D eigenvalue weighted by Gasteiger charge is -2.33. The van der Waals surface area contributed by atoms with Crippen LogP contribution in [0.4, 0.5) is 13.2 Å². The highest BCUT2D eigenvalue weighted by Crippen LogP contribution is 2.57. The molecule has 1 fully saturated rings. The molecule has 1 heterocycles. The van der Waals surface area contributed by atoms with Gasteiger partial charge in [0.05, 0.1) is 5.75 Å². The number of hydrogen-bond donors (Lipinski definition) is 0. The van der Waals surface area contributed by atoms with Crippen molar-refractivity contribution < 1.29 is 30.0 Å². The lowest BCUT2D eigenvalue weighted by Crippen LogP contribution is -2.29. The fourth-order valence-corrected chi connectivity index (χ4v) is 7.00. The molecule has 4 nitrogen and oxygen atoms in total. The Balaban J connectivity index is 2.91. The lowest BCUT2D eigenvalue weighted by atomic mass is 10.4. The second kappa shape index (κ2) is 5.38. The minimum Gasteiger partial charge on any atom is -0.299 e. The topological polar surface area (TPSA) is 60.4 Å². The van der Waals surface area contributed by atoms with Gasteiger partial charge >= 0.3 is 15.6 Å². The minimum atomic E-state index is -5.61. The molecule has 0 aromatic heterocycles. The van der Waals surface area contributed by atoms with E-state index in [4.69, 9.17) is 0 Å². The maximum atomic E-state index is 12.3. The van der Waals surface area contributed by atoms with Crippen molar-refractivity contribution in [1.29, 1.82) is 0 Å². The largest absolute Gasteiger partial charge is 0.523 e. The fraction of sp³-hybridized carbons (Fsp3) is 0.889. The van der Waals surface area contributed by atoms with Crippen LogP contribution < -0.4 is 0 Å². The number of carbonyl (C=O) groups excluding carboxylic acids is 1. The molecule has 9 heteroatoms. The second-order valence-corrected chi connectivity index (χ2v) is 9.04. The molecule has 0 aromatic carbocycles. The van der Waals surface area contributed by atoms with Gasteiger partial charge in [0, 0.05) is 17.9 Å². The summed E-state index contributed by atoms with van der Waals surface area (Å²) in [5.41, 5.74) is -5.43. The van der Waals surface area contributed by atoms with Crippen LogP contribution in [0.2, 0.25) is 0 Å². The number of Topliss-reactive ketones (excluding diaryl/α,β-unsaturated/α-hetero) is 1. The van der Waals surface area contributed by atoms with E-state index in [1.54, 1.807) is 6.92 Å². The van der Waals surface area contributed by atoms with E-state index in [1.165, 1.54) is 0 Å². The standard InChI is InChI=1S/C9H15F3O4S2/c1-2-8(13)7-17(5-3-4-6-17)16-18(14,15)9(10,11)12/h2-7H2,1H3. The van der Waals surface area contributed by atoms with Crippen LogP contribution in [-0.4, -0.2) is 37.0 Å². The van der Waals surface area contributed by atoms with E-state index in [0.29, 0.717) is 12.8 Å². The molecule has 0 amide bonds. The van der Waals surface area contributed by atoms with Crippen molar-refractivity contribution in [2.45, 2.75) is 31.7 Å². The number of carbonyl (C=O) groups is 1. The summed E-state index contributed by atoms with van der Waals surface area (Å²) in [4.78, 5) is 11.4. The molecule has 0 aliphatic carbocycles. The highest BCUT2D eigenvalue weighted by Gasteiger charge is 2.51. The Kier molecular flexibility index (Phi) is 4.71. The summed E-state index contributed by atoms with van der Waals surface area (Å²) in [6, 6.07) is 0. The number of alkyl halides is 3. The van der Waals surface area contributed by atoms with Crippen LogP contribution in [0.5, 0.6) is 0 Å². The third-order valence-electron chi connectivity index (χ3n) is 2.62. The number of halogens is 3. The summed E-state index contributed by atoms with van der Waals surface area (Å²) in [6.45, 7) is 1.59. The predicted octanol–water partition coefficient (Wildman–Crippen LogP) is 2.35. The van der Waals surface area contributed by atoms with Gasteiger partial charge in [-0.25, -0.2) is 3.63 Å². The zero-order valence-electron chi connectivity index (χ0n) is 9.83. The Morgan fingerprint density at radius 2 is 1.78 bits per heavy atom. The van der Waals surface area contributed by atoms with E-state index >= 15 is 0 Å². The minimum absolute atomic E-state index is 0.171. The summed E-state index contributed by atoms with van der Waals surface area (Å²) in [6.07, 6.45) is 1.36. The third-order valence-corrected chi connectivity index (χ3v) is 7.97. The van der Waals surface area contributed by atoms with E-state index in [0.717, 1.165) is 0 Å². The van der Waals surface area contributed by atoms with Crippen LogP contribution >= 0.6 is 10.3 Å². The second-order valence-electron chi connectivity index (χ2n) is 4.09. The van der Waals surface area contributed by atoms with Gasteiger partial charge in [0.2, 0.25) is 0 Å².